The number of morpholine rings is 1. The van der Waals surface area contributed by atoms with Crippen molar-refractivity contribution in [1.82, 2.24) is 24.6 Å². The van der Waals surface area contributed by atoms with Gasteiger partial charge in [0.2, 0.25) is 0 Å². The van der Waals surface area contributed by atoms with Crippen molar-refractivity contribution in [1.29, 1.82) is 0 Å². The van der Waals surface area contributed by atoms with Crippen LogP contribution in [-0.4, -0.2) is 50.3 Å². The molecule has 1 saturated heterocycles. The summed E-state index contributed by atoms with van der Waals surface area (Å²) in [5, 5.41) is 4.70. The molecule has 3 heterocycles. The van der Waals surface area contributed by atoms with E-state index in [1.54, 1.807) is 22.0 Å². The first-order valence-electron chi connectivity index (χ1n) is 7.73. The number of nitrogens with zero attached hydrogens (tertiary/aromatic N) is 4. The molecular weight excluding hydrogens is 318 g/mol. The van der Waals surface area contributed by atoms with E-state index < -0.39 is 0 Å². The normalized spacial score (nSPS) is 18.4. The number of carbonyl (C=O) groups is 1. The van der Waals surface area contributed by atoms with E-state index in [1.165, 1.54) is 0 Å². The third-order valence-electron chi connectivity index (χ3n) is 3.75. The first kappa shape index (κ1) is 16.0. The van der Waals surface area contributed by atoms with E-state index in [0.29, 0.717) is 30.4 Å². The number of aromatic amines is 1. The summed E-state index contributed by atoms with van der Waals surface area (Å²) in [7, 11) is 0. The molecule has 1 N–H and O–H groups in total. The molecule has 1 aliphatic heterocycles. The van der Waals surface area contributed by atoms with Gasteiger partial charge in [-0.25, -0.2) is 4.98 Å². The van der Waals surface area contributed by atoms with Crippen molar-refractivity contribution in [2.75, 3.05) is 19.7 Å². The first-order valence-corrected chi connectivity index (χ1v) is 8.11. The number of ether oxygens (including phenoxy) is 1. The van der Waals surface area contributed by atoms with Crippen LogP contribution in [0.25, 0.3) is 0 Å². The van der Waals surface area contributed by atoms with Crippen LogP contribution in [0.3, 0.4) is 0 Å². The summed E-state index contributed by atoms with van der Waals surface area (Å²) in [5.74, 6) is 0.573. The summed E-state index contributed by atoms with van der Waals surface area (Å²) in [5.41, 5.74) is 1.27. The van der Waals surface area contributed by atoms with Gasteiger partial charge in [-0.15, -0.1) is 0 Å². The van der Waals surface area contributed by atoms with Gasteiger partial charge in [-0.3, -0.25) is 9.48 Å². The van der Waals surface area contributed by atoms with Crippen molar-refractivity contribution in [2.24, 2.45) is 0 Å². The summed E-state index contributed by atoms with van der Waals surface area (Å²) < 4.78 is 7.43. The Hall–Kier alpha value is -1.86. The Labute approximate surface area is 139 Å². The predicted octanol–water partition coefficient (Wildman–Crippen LogP) is 2.19. The molecule has 2 aromatic rings. The van der Waals surface area contributed by atoms with E-state index in [4.69, 9.17) is 16.3 Å². The molecule has 1 atom stereocenters. The SMILES string of the molecule is CCCn1cc(Cl)c(C(=O)N2CCO[C@@H](c3ncc(C)[nH]3)C2)n1. The molecule has 1 amide bonds. The average Bonchev–Trinajstić information content (AvgIpc) is 3.13. The largest absolute Gasteiger partial charge is 0.367 e. The number of aromatic nitrogens is 4. The van der Waals surface area contributed by atoms with Crippen LogP contribution in [0.15, 0.2) is 12.4 Å². The van der Waals surface area contributed by atoms with Crippen LogP contribution in [0.4, 0.5) is 0 Å². The molecule has 124 valence electrons. The summed E-state index contributed by atoms with van der Waals surface area (Å²) >= 11 is 6.17. The average molecular weight is 338 g/mol. The predicted molar refractivity (Wildman–Crippen MR) is 85.4 cm³/mol. The number of amides is 1. The van der Waals surface area contributed by atoms with Crippen molar-refractivity contribution >= 4 is 17.5 Å². The molecule has 0 saturated carbocycles. The maximum Gasteiger partial charge on any atom is 0.276 e. The minimum Gasteiger partial charge on any atom is -0.367 e. The van der Waals surface area contributed by atoms with E-state index in [0.717, 1.165) is 24.5 Å². The molecule has 1 aliphatic rings. The van der Waals surface area contributed by atoms with E-state index in [9.17, 15) is 4.79 Å². The quantitative estimate of drug-likeness (QED) is 0.927. The number of hydrogen-bond donors (Lipinski definition) is 1. The zero-order valence-electron chi connectivity index (χ0n) is 13.3. The molecule has 7 nitrogen and oxygen atoms in total. The second-order valence-corrected chi connectivity index (χ2v) is 6.06. The highest BCUT2D eigenvalue weighted by Gasteiger charge is 2.30. The van der Waals surface area contributed by atoms with Crippen LogP contribution >= 0.6 is 11.6 Å². The third kappa shape index (κ3) is 3.40. The van der Waals surface area contributed by atoms with Gasteiger partial charge in [-0.2, -0.15) is 5.10 Å². The molecular formula is C15H20ClN5O2. The Morgan fingerprint density at radius 2 is 2.39 bits per heavy atom. The Morgan fingerprint density at radius 1 is 1.57 bits per heavy atom. The van der Waals surface area contributed by atoms with E-state index in [2.05, 4.69) is 22.0 Å². The summed E-state index contributed by atoms with van der Waals surface area (Å²) in [6.45, 7) is 6.14. The number of carbonyl (C=O) groups excluding carboxylic acids is 1. The molecule has 0 radical (unpaired) electrons. The lowest BCUT2D eigenvalue weighted by molar-refractivity contribution is -0.0266. The molecule has 3 rings (SSSR count). The van der Waals surface area contributed by atoms with Crippen molar-refractivity contribution in [3.63, 3.8) is 0 Å². The second kappa shape index (κ2) is 6.72. The van der Waals surface area contributed by atoms with Crippen molar-refractivity contribution in [3.05, 3.63) is 34.6 Å². The highest BCUT2D eigenvalue weighted by atomic mass is 35.5. The lowest BCUT2D eigenvalue weighted by Gasteiger charge is -2.31. The zero-order chi connectivity index (χ0) is 16.4. The van der Waals surface area contributed by atoms with Gasteiger partial charge in [0.15, 0.2) is 5.69 Å². The standard InChI is InChI=1S/C15H20ClN5O2/c1-3-4-21-8-11(16)13(19-21)15(22)20-5-6-23-12(9-20)14-17-7-10(2)18-14/h7-8,12H,3-6,9H2,1-2H3,(H,17,18)/t12-/m1/s1. The highest BCUT2D eigenvalue weighted by molar-refractivity contribution is 6.33. The fourth-order valence-corrected chi connectivity index (χ4v) is 2.86. The molecule has 23 heavy (non-hydrogen) atoms. The molecule has 8 heteroatoms. The Balaban J connectivity index is 1.74. The highest BCUT2D eigenvalue weighted by Crippen LogP contribution is 2.23. The molecule has 0 bridgehead atoms. The number of rotatable bonds is 4. The fraction of sp³-hybridized carbons (Fsp3) is 0.533. The molecule has 0 spiro atoms. The minimum absolute atomic E-state index is 0.165. The summed E-state index contributed by atoms with van der Waals surface area (Å²) in [6, 6.07) is 0. The van der Waals surface area contributed by atoms with Gasteiger partial charge in [-0.1, -0.05) is 18.5 Å². The Kier molecular flexibility index (Phi) is 4.68. The maximum absolute atomic E-state index is 12.7. The molecule has 0 aromatic carbocycles. The minimum atomic E-state index is -0.252. The van der Waals surface area contributed by atoms with Gasteiger partial charge in [0.25, 0.3) is 5.91 Å². The van der Waals surface area contributed by atoms with Crippen LogP contribution in [0.5, 0.6) is 0 Å². The summed E-state index contributed by atoms with van der Waals surface area (Å²) in [6.07, 6.45) is 4.13. The molecule has 0 unspecified atom stereocenters. The lowest BCUT2D eigenvalue weighted by atomic mass is 10.2. The molecule has 0 aliphatic carbocycles. The number of nitrogens with one attached hydrogen (secondary N) is 1. The van der Waals surface area contributed by atoms with E-state index >= 15 is 0 Å². The van der Waals surface area contributed by atoms with Crippen molar-refractivity contribution < 1.29 is 9.53 Å². The van der Waals surface area contributed by atoms with Crippen LogP contribution < -0.4 is 0 Å². The number of H-pyrrole nitrogens is 1. The van der Waals surface area contributed by atoms with Crippen molar-refractivity contribution in [3.8, 4) is 0 Å². The number of hydrogen-bond acceptors (Lipinski definition) is 4. The third-order valence-corrected chi connectivity index (χ3v) is 4.03. The maximum atomic E-state index is 12.7. The van der Waals surface area contributed by atoms with Gasteiger partial charge in [0.1, 0.15) is 11.9 Å². The summed E-state index contributed by atoms with van der Waals surface area (Å²) in [4.78, 5) is 21.9. The first-order chi connectivity index (χ1) is 11.1. The number of aryl methyl sites for hydroxylation is 2. The van der Waals surface area contributed by atoms with Crippen LogP contribution in [0.2, 0.25) is 5.02 Å². The van der Waals surface area contributed by atoms with E-state index in [1.807, 2.05) is 6.92 Å². The topological polar surface area (TPSA) is 76.0 Å². The monoisotopic (exact) mass is 337 g/mol. The van der Waals surface area contributed by atoms with Crippen molar-refractivity contribution in [2.45, 2.75) is 32.9 Å². The Bertz CT molecular complexity index is 696. The molecule has 1 fully saturated rings. The molecule has 2 aromatic heterocycles. The van der Waals surface area contributed by atoms with Gasteiger partial charge < -0.3 is 14.6 Å². The van der Waals surface area contributed by atoms with Crippen LogP contribution in [-0.2, 0) is 11.3 Å². The van der Waals surface area contributed by atoms with E-state index in [-0.39, 0.29) is 12.0 Å². The van der Waals surface area contributed by atoms with Crippen LogP contribution in [0.1, 0.15) is 41.5 Å². The second-order valence-electron chi connectivity index (χ2n) is 5.65. The van der Waals surface area contributed by atoms with Gasteiger partial charge in [0.05, 0.1) is 18.2 Å². The Morgan fingerprint density at radius 3 is 3.09 bits per heavy atom. The number of imidazole rings is 1. The smallest absolute Gasteiger partial charge is 0.276 e. The fourth-order valence-electron chi connectivity index (χ4n) is 2.63. The number of halogens is 1. The lowest BCUT2D eigenvalue weighted by Crippen LogP contribution is -2.42. The van der Waals surface area contributed by atoms with Gasteiger partial charge in [0, 0.05) is 31.2 Å². The zero-order valence-corrected chi connectivity index (χ0v) is 14.0. The van der Waals surface area contributed by atoms with Crippen LogP contribution in [0, 0.1) is 6.92 Å². The van der Waals surface area contributed by atoms with Gasteiger partial charge >= 0.3 is 0 Å². The van der Waals surface area contributed by atoms with Gasteiger partial charge in [-0.05, 0) is 13.3 Å².